The Morgan fingerprint density at radius 2 is 2.14 bits per heavy atom. The Morgan fingerprint density at radius 3 is 2.71 bits per heavy atom. The average Bonchev–Trinajstić information content (AvgIpc) is 2.18. The number of para-hydroxylation sites is 1. The number of amides is 1. The maximum absolute atomic E-state index is 10.9. The molecule has 1 amide bonds. The smallest absolute Gasteiger partial charge is 0.411 e. The fraction of sp³-hybridized carbons (Fsp3) is 0.300. The molecular formula is C10H13NO3. The first-order chi connectivity index (χ1) is 6.65. The number of ether oxygens (including phenoxy) is 1. The standard InChI is InChI=1S/C10H13NO3/c1-7(12)8-5-3-4-6-9(8)11-10(13)14-2/h3-7,12H,1-2H3,(H,11,13). The van der Waals surface area contributed by atoms with Crippen LogP contribution in [0.25, 0.3) is 0 Å². The van der Waals surface area contributed by atoms with Gasteiger partial charge >= 0.3 is 6.09 Å². The van der Waals surface area contributed by atoms with Gasteiger partial charge in [-0.3, -0.25) is 5.32 Å². The summed E-state index contributed by atoms with van der Waals surface area (Å²) >= 11 is 0. The fourth-order valence-electron chi connectivity index (χ4n) is 1.14. The van der Waals surface area contributed by atoms with E-state index in [1.54, 1.807) is 31.2 Å². The summed E-state index contributed by atoms with van der Waals surface area (Å²) in [4.78, 5) is 10.9. The second-order valence-corrected chi connectivity index (χ2v) is 2.88. The summed E-state index contributed by atoms with van der Waals surface area (Å²) < 4.78 is 4.46. The maximum Gasteiger partial charge on any atom is 0.411 e. The highest BCUT2D eigenvalue weighted by molar-refractivity contribution is 5.85. The van der Waals surface area contributed by atoms with Crippen LogP contribution in [-0.4, -0.2) is 18.3 Å². The zero-order valence-electron chi connectivity index (χ0n) is 8.15. The first-order valence-corrected chi connectivity index (χ1v) is 4.27. The van der Waals surface area contributed by atoms with E-state index in [9.17, 15) is 9.90 Å². The molecule has 0 aromatic heterocycles. The van der Waals surface area contributed by atoms with Crippen LogP contribution in [0.1, 0.15) is 18.6 Å². The second-order valence-electron chi connectivity index (χ2n) is 2.88. The molecule has 0 saturated carbocycles. The molecule has 0 spiro atoms. The molecule has 1 atom stereocenters. The molecule has 0 bridgehead atoms. The lowest BCUT2D eigenvalue weighted by atomic mass is 10.1. The van der Waals surface area contributed by atoms with Gasteiger partial charge in [0.25, 0.3) is 0 Å². The molecule has 1 aromatic rings. The summed E-state index contributed by atoms with van der Waals surface area (Å²) in [5.41, 5.74) is 1.23. The number of benzene rings is 1. The highest BCUT2D eigenvalue weighted by Gasteiger charge is 2.09. The van der Waals surface area contributed by atoms with Crippen molar-refractivity contribution in [1.82, 2.24) is 0 Å². The van der Waals surface area contributed by atoms with Crippen molar-refractivity contribution in [3.8, 4) is 0 Å². The fourth-order valence-corrected chi connectivity index (χ4v) is 1.14. The van der Waals surface area contributed by atoms with Gasteiger partial charge in [-0.2, -0.15) is 0 Å². The monoisotopic (exact) mass is 195 g/mol. The predicted molar refractivity (Wildman–Crippen MR) is 53.1 cm³/mol. The van der Waals surface area contributed by atoms with Crippen molar-refractivity contribution in [3.63, 3.8) is 0 Å². The van der Waals surface area contributed by atoms with Crippen molar-refractivity contribution < 1.29 is 14.6 Å². The lowest BCUT2D eigenvalue weighted by molar-refractivity contribution is 0.186. The second kappa shape index (κ2) is 4.62. The molecule has 0 aliphatic heterocycles. The molecule has 4 heteroatoms. The molecule has 0 aliphatic rings. The third-order valence-corrected chi connectivity index (χ3v) is 1.83. The minimum atomic E-state index is -0.622. The van der Waals surface area contributed by atoms with Gasteiger partial charge in [0.15, 0.2) is 0 Å². The summed E-state index contributed by atoms with van der Waals surface area (Å²) in [6.45, 7) is 1.64. The van der Waals surface area contributed by atoms with E-state index in [2.05, 4.69) is 10.1 Å². The minimum absolute atomic E-state index is 0.543. The van der Waals surface area contributed by atoms with E-state index in [1.807, 2.05) is 0 Å². The van der Waals surface area contributed by atoms with Crippen molar-refractivity contribution in [2.45, 2.75) is 13.0 Å². The van der Waals surface area contributed by atoms with Crippen LogP contribution in [-0.2, 0) is 4.74 Å². The van der Waals surface area contributed by atoms with Gasteiger partial charge in [0.05, 0.1) is 13.2 Å². The number of carbonyl (C=O) groups excluding carboxylic acids is 1. The summed E-state index contributed by atoms with van der Waals surface area (Å²) in [6.07, 6.45) is -1.17. The number of aliphatic hydroxyl groups is 1. The molecule has 0 saturated heterocycles. The summed E-state index contributed by atoms with van der Waals surface area (Å²) in [6, 6.07) is 7.02. The Labute approximate surface area is 82.5 Å². The number of aliphatic hydroxyl groups excluding tert-OH is 1. The summed E-state index contributed by atoms with van der Waals surface area (Å²) in [5.74, 6) is 0. The average molecular weight is 195 g/mol. The van der Waals surface area contributed by atoms with Crippen LogP contribution in [0.5, 0.6) is 0 Å². The molecule has 0 heterocycles. The molecule has 0 radical (unpaired) electrons. The van der Waals surface area contributed by atoms with Crippen LogP contribution < -0.4 is 5.32 Å². The number of anilines is 1. The van der Waals surface area contributed by atoms with Gasteiger partial charge in [-0.25, -0.2) is 4.79 Å². The molecule has 1 rings (SSSR count). The van der Waals surface area contributed by atoms with Crippen LogP contribution in [0.3, 0.4) is 0 Å². The van der Waals surface area contributed by atoms with Crippen LogP contribution in [0.2, 0.25) is 0 Å². The van der Waals surface area contributed by atoms with Gasteiger partial charge < -0.3 is 9.84 Å². The highest BCUT2D eigenvalue weighted by atomic mass is 16.5. The summed E-state index contributed by atoms with van der Waals surface area (Å²) in [7, 11) is 1.29. The third-order valence-electron chi connectivity index (χ3n) is 1.83. The van der Waals surface area contributed by atoms with Crippen molar-refractivity contribution in [1.29, 1.82) is 0 Å². The zero-order valence-corrected chi connectivity index (χ0v) is 8.15. The van der Waals surface area contributed by atoms with E-state index in [4.69, 9.17) is 0 Å². The van der Waals surface area contributed by atoms with E-state index < -0.39 is 12.2 Å². The number of nitrogens with one attached hydrogen (secondary N) is 1. The van der Waals surface area contributed by atoms with Gasteiger partial charge in [-0.1, -0.05) is 18.2 Å². The molecule has 14 heavy (non-hydrogen) atoms. The van der Waals surface area contributed by atoms with Gasteiger partial charge in [-0.05, 0) is 13.0 Å². The first kappa shape index (κ1) is 10.5. The van der Waals surface area contributed by atoms with Crippen molar-refractivity contribution in [2.24, 2.45) is 0 Å². The molecule has 76 valence electrons. The molecular weight excluding hydrogens is 182 g/mol. The van der Waals surface area contributed by atoms with E-state index in [-0.39, 0.29) is 0 Å². The predicted octanol–water partition coefficient (Wildman–Crippen LogP) is 1.92. The van der Waals surface area contributed by atoms with Crippen molar-refractivity contribution >= 4 is 11.8 Å². The Hall–Kier alpha value is -1.55. The van der Waals surface area contributed by atoms with Crippen LogP contribution in [0, 0.1) is 0 Å². The third kappa shape index (κ3) is 2.47. The quantitative estimate of drug-likeness (QED) is 0.757. The molecule has 4 nitrogen and oxygen atoms in total. The van der Waals surface area contributed by atoms with Gasteiger partial charge in [0.2, 0.25) is 0 Å². The van der Waals surface area contributed by atoms with Crippen LogP contribution in [0.4, 0.5) is 10.5 Å². The van der Waals surface area contributed by atoms with Crippen molar-refractivity contribution in [2.75, 3.05) is 12.4 Å². The Morgan fingerprint density at radius 1 is 1.50 bits per heavy atom. The topological polar surface area (TPSA) is 58.6 Å². The normalized spacial score (nSPS) is 11.9. The Bertz CT molecular complexity index is 323. The molecule has 0 fully saturated rings. The van der Waals surface area contributed by atoms with E-state index in [0.29, 0.717) is 11.3 Å². The number of carbonyl (C=O) groups is 1. The van der Waals surface area contributed by atoms with Crippen molar-refractivity contribution in [3.05, 3.63) is 29.8 Å². The van der Waals surface area contributed by atoms with Gasteiger partial charge in [0, 0.05) is 11.3 Å². The van der Waals surface area contributed by atoms with Crippen LogP contribution >= 0.6 is 0 Å². The Balaban J connectivity index is 2.90. The molecule has 0 aliphatic carbocycles. The number of hydrogen-bond donors (Lipinski definition) is 2. The van der Waals surface area contributed by atoms with Gasteiger partial charge in [-0.15, -0.1) is 0 Å². The maximum atomic E-state index is 10.9. The molecule has 1 aromatic carbocycles. The lowest BCUT2D eigenvalue weighted by Crippen LogP contribution is -2.13. The molecule has 2 N–H and O–H groups in total. The van der Waals surface area contributed by atoms with E-state index in [1.165, 1.54) is 7.11 Å². The summed E-state index contributed by atoms with van der Waals surface area (Å²) in [5, 5.41) is 11.9. The zero-order chi connectivity index (χ0) is 10.6. The molecule has 1 unspecified atom stereocenters. The van der Waals surface area contributed by atoms with Gasteiger partial charge in [0.1, 0.15) is 0 Å². The Kier molecular flexibility index (Phi) is 3.48. The number of rotatable bonds is 2. The highest BCUT2D eigenvalue weighted by Crippen LogP contribution is 2.21. The SMILES string of the molecule is COC(=O)Nc1ccccc1C(C)O. The first-order valence-electron chi connectivity index (χ1n) is 4.27. The largest absolute Gasteiger partial charge is 0.453 e. The van der Waals surface area contributed by atoms with E-state index in [0.717, 1.165) is 0 Å². The van der Waals surface area contributed by atoms with E-state index >= 15 is 0 Å². The number of methoxy groups -OCH3 is 1. The lowest BCUT2D eigenvalue weighted by Gasteiger charge is -2.11. The van der Waals surface area contributed by atoms with Crippen LogP contribution in [0.15, 0.2) is 24.3 Å². The number of hydrogen-bond acceptors (Lipinski definition) is 3. The minimum Gasteiger partial charge on any atom is -0.453 e.